The Morgan fingerprint density at radius 1 is 1.40 bits per heavy atom. The van der Waals surface area contributed by atoms with Crippen LogP contribution in [0.15, 0.2) is 41.0 Å². The van der Waals surface area contributed by atoms with E-state index < -0.39 is 0 Å². The number of benzene rings is 1. The maximum atomic E-state index is 11.9. The molecule has 1 aromatic carbocycles. The fraction of sp³-hybridized carbons (Fsp3) is 0.0714. The number of hydrogen-bond donors (Lipinski definition) is 2. The molecule has 20 heavy (non-hydrogen) atoms. The highest BCUT2D eigenvalue weighted by Crippen LogP contribution is 2.20. The summed E-state index contributed by atoms with van der Waals surface area (Å²) < 4.78 is 0.784. The van der Waals surface area contributed by atoms with Crippen LogP contribution in [0.25, 0.3) is 0 Å². The van der Waals surface area contributed by atoms with Gasteiger partial charge in [-0.15, -0.1) is 0 Å². The highest BCUT2D eigenvalue weighted by atomic mass is 79.9. The van der Waals surface area contributed by atoms with Crippen molar-refractivity contribution in [2.24, 2.45) is 0 Å². The van der Waals surface area contributed by atoms with E-state index in [0.717, 1.165) is 4.47 Å². The third-order valence-electron chi connectivity index (χ3n) is 2.57. The molecule has 0 saturated carbocycles. The first kappa shape index (κ1) is 14.0. The molecular weight excluding hydrogens is 320 g/mol. The Balaban J connectivity index is 2.09. The van der Waals surface area contributed by atoms with Crippen molar-refractivity contribution in [2.45, 2.75) is 6.42 Å². The van der Waals surface area contributed by atoms with Crippen molar-refractivity contribution < 1.29 is 4.79 Å². The number of hydrogen-bond acceptors (Lipinski definition) is 4. The fourth-order valence-electron chi connectivity index (χ4n) is 1.62. The van der Waals surface area contributed by atoms with Crippen molar-refractivity contribution in [1.29, 1.82) is 5.26 Å². The summed E-state index contributed by atoms with van der Waals surface area (Å²) in [4.78, 5) is 16.0. The minimum atomic E-state index is -0.235. The number of aromatic nitrogens is 1. The van der Waals surface area contributed by atoms with E-state index in [1.165, 1.54) is 6.20 Å². The number of carbonyl (C=O) groups is 1. The summed E-state index contributed by atoms with van der Waals surface area (Å²) >= 11 is 3.28. The smallest absolute Gasteiger partial charge is 0.230 e. The quantitative estimate of drug-likeness (QED) is 0.904. The summed E-state index contributed by atoms with van der Waals surface area (Å²) in [5.41, 5.74) is 7.58. The largest absolute Gasteiger partial charge is 0.397 e. The molecule has 2 rings (SSSR count). The van der Waals surface area contributed by atoms with E-state index in [1.807, 2.05) is 6.07 Å². The van der Waals surface area contributed by atoms with E-state index in [4.69, 9.17) is 11.0 Å². The Labute approximate surface area is 124 Å². The monoisotopic (exact) mass is 330 g/mol. The number of anilines is 2. The molecule has 6 heteroatoms. The molecule has 0 aliphatic heterocycles. The third-order valence-corrected chi connectivity index (χ3v) is 3.06. The van der Waals surface area contributed by atoms with Crippen molar-refractivity contribution in [3.8, 4) is 6.07 Å². The highest BCUT2D eigenvalue weighted by molar-refractivity contribution is 9.10. The second kappa shape index (κ2) is 6.17. The second-order valence-corrected chi connectivity index (χ2v) is 5.03. The molecule has 0 unspecified atom stereocenters. The zero-order chi connectivity index (χ0) is 14.5. The molecule has 100 valence electrons. The lowest BCUT2D eigenvalue weighted by molar-refractivity contribution is -0.115. The van der Waals surface area contributed by atoms with Gasteiger partial charge in [-0.25, -0.2) is 0 Å². The van der Waals surface area contributed by atoms with Crippen LogP contribution in [0.5, 0.6) is 0 Å². The number of rotatable bonds is 3. The molecule has 1 amide bonds. The fourth-order valence-corrected chi connectivity index (χ4v) is 1.98. The van der Waals surface area contributed by atoms with Crippen LogP contribution in [0.1, 0.15) is 11.3 Å². The molecule has 0 bridgehead atoms. The summed E-state index contributed by atoms with van der Waals surface area (Å²) in [6.45, 7) is 0. The van der Waals surface area contributed by atoms with Gasteiger partial charge in [0.15, 0.2) is 0 Å². The topological polar surface area (TPSA) is 91.8 Å². The SMILES string of the molecule is N#Cc1cc(Br)ccc1NC(=O)Cc1ccc(N)cn1. The second-order valence-electron chi connectivity index (χ2n) is 4.11. The van der Waals surface area contributed by atoms with E-state index in [0.29, 0.717) is 22.6 Å². The average molecular weight is 331 g/mol. The first-order valence-electron chi connectivity index (χ1n) is 5.78. The maximum absolute atomic E-state index is 11.9. The minimum absolute atomic E-state index is 0.126. The van der Waals surface area contributed by atoms with E-state index >= 15 is 0 Å². The first-order valence-corrected chi connectivity index (χ1v) is 6.57. The normalized spacial score (nSPS) is 9.80. The summed E-state index contributed by atoms with van der Waals surface area (Å²) in [6, 6.07) is 10.5. The van der Waals surface area contributed by atoms with Crippen molar-refractivity contribution in [2.75, 3.05) is 11.1 Å². The zero-order valence-corrected chi connectivity index (χ0v) is 12.0. The molecule has 0 radical (unpaired) electrons. The third kappa shape index (κ3) is 3.56. The van der Waals surface area contributed by atoms with Gasteiger partial charge in [0, 0.05) is 10.2 Å². The maximum Gasteiger partial charge on any atom is 0.230 e. The van der Waals surface area contributed by atoms with Gasteiger partial charge in [-0.05, 0) is 30.3 Å². The van der Waals surface area contributed by atoms with Gasteiger partial charge in [0.25, 0.3) is 0 Å². The number of nitrogens with zero attached hydrogens (tertiary/aromatic N) is 2. The van der Waals surface area contributed by atoms with Gasteiger partial charge in [-0.1, -0.05) is 15.9 Å². The van der Waals surface area contributed by atoms with Crippen LogP contribution in [-0.4, -0.2) is 10.9 Å². The number of carbonyl (C=O) groups excluding carboxylic acids is 1. The number of amides is 1. The molecule has 0 atom stereocenters. The van der Waals surface area contributed by atoms with Crippen LogP contribution in [0.3, 0.4) is 0 Å². The van der Waals surface area contributed by atoms with E-state index in [1.54, 1.807) is 30.3 Å². The Bertz CT molecular complexity index is 677. The molecule has 0 aliphatic carbocycles. The van der Waals surface area contributed by atoms with E-state index in [2.05, 4.69) is 26.2 Å². The number of pyridine rings is 1. The van der Waals surface area contributed by atoms with Crippen LogP contribution in [0.4, 0.5) is 11.4 Å². The van der Waals surface area contributed by atoms with Gasteiger partial charge in [0.2, 0.25) is 5.91 Å². The molecule has 5 nitrogen and oxygen atoms in total. The summed E-state index contributed by atoms with van der Waals surface area (Å²) in [5.74, 6) is -0.235. The zero-order valence-electron chi connectivity index (χ0n) is 10.4. The van der Waals surface area contributed by atoms with Crippen molar-refractivity contribution >= 4 is 33.2 Å². The number of nitrogens with two attached hydrogens (primary N) is 1. The number of nitrogens with one attached hydrogen (secondary N) is 1. The van der Waals surface area contributed by atoms with Crippen LogP contribution >= 0.6 is 15.9 Å². The lowest BCUT2D eigenvalue weighted by Crippen LogP contribution is -2.16. The van der Waals surface area contributed by atoms with Gasteiger partial charge in [0.05, 0.1) is 29.6 Å². The van der Waals surface area contributed by atoms with Crippen molar-refractivity contribution in [3.05, 3.63) is 52.3 Å². The minimum Gasteiger partial charge on any atom is -0.397 e. The van der Waals surface area contributed by atoms with Crippen LogP contribution < -0.4 is 11.1 Å². The van der Waals surface area contributed by atoms with Crippen LogP contribution in [0.2, 0.25) is 0 Å². The Morgan fingerprint density at radius 3 is 2.85 bits per heavy atom. The summed E-state index contributed by atoms with van der Waals surface area (Å²) in [6.07, 6.45) is 1.63. The first-order chi connectivity index (χ1) is 9.58. The highest BCUT2D eigenvalue weighted by Gasteiger charge is 2.08. The number of halogens is 1. The number of nitrogen functional groups attached to an aromatic ring is 1. The average Bonchev–Trinajstić information content (AvgIpc) is 2.43. The molecule has 0 saturated heterocycles. The van der Waals surface area contributed by atoms with Gasteiger partial charge in [0.1, 0.15) is 6.07 Å². The van der Waals surface area contributed by atoms with Gasteiger partial charge < -0.3 is 11.1 Å². The lowest BCUT2D eigenvalue weighted by Gasteiger charge is -2.07. The molecule has 3 N–H and O–H groups in total. The lowest BCUT2D eigenvalue weighted by atomic mass is 10.2. The van der Waals surface area contributed by atoms with Gasteiger partial charge in [-0.2, -0.15) is 5.26 Å². The van der Waals surface area contributed by atoms with E-state index in [9.17, 15) is 4.79 Å². The van der Waals surface area contributed by atoms with Crippen molar-refractivity contribution in [1.82, 2.24) is 4.98 Å². The summed E-state index contributed by atoms with van der Waals surface area (Å²) in [5, 5.41) is 11.7. The van der Waals surface area contributed by atoms with Gasteiger partial charge >= 0.3 is 0 Å². The molecule has 2 aromatic rings. The Hall–Kier alpha value is -2.39. The van der Waals surface area contributed by atoms with Crippen LogP contribution in [-0.2, 0) is 11.2 Å². The Kier molecular flexibility index (Phi) is 4.33. The number of nitriles is 1. The molecule has 0 aliphatic rings. The standard InChI is InChI=1S/C14H11BrN4O/c15-10-1-4-13(9(5-10)7-16)19-14(20)6-12-3-2-11(17)8-18-12/h1-5,8H,6,17H2,(H,19,20). The predicted octanol–water partition coefficient (Wildman–Crippen LogP) is 2.48. The molecule has 1 heterocycles. The molecular formula is C14H11BrN4O. The summed E-state index contributed by atoms with van der Waals surface area (Å²) in [7, 11) is 0. The molecule has 0 spiro atoms. The van der Waals surface area contributed by atoms with Crippen molar-refractivity contribution in [3.63, 3.8) is 0 Å². The van der Waals surface area contributed by atoms with E-state index in [-0.39, 0.29) is 12.3 Å². The molecule has 1 aromatic heterocycles. The van der Waals surface area contributed by atoms with Crippen LogP contribution in [0, 0.1) is 11.3 Å². The van der Waals surface area contributed by atoms with Gasteiger partial charge in [-0.3, -0.25) is 9.78 Å². The Morgan fingerprint density at radius 2 is 2.20 bits per heavy atom. The predicted molar refractivity (Wildman–Crippen MR) is 79.8 cm³/mol. The molecule has 0 fully saturated rings.